The highest BCUT2D eigenvalue weighted by Crippen LogP contribution is 2.24. The van der Waals surface area contributed by atoms with Crippen molar-refractivity contribution in [2.45, 2.75) is 77.9 Å². The van der Waals surface area contributed by atoms with Crippen molar-refractivity contribution in [3.05, 3.63) is 0 Å². The summed E-state index contributed by atoms with van der Waals surface area (Å²) in [6.45, 7) is 8.47. The summed E-state index contributed by atoms with van der Waals surface area (Å²) in [6, 6.07) is 0.760. The van der Waals surface area contributed by atoms with Gasteiger partial charge in [0.1, 0.15) is 0 Å². The van der Waals surface area contributed by atoms with Gasteiger partial charge < -0.3 is 10.6 Å². The molecular formula is C14H28N2O. The molecule has 0 aromatic rings. The van der Waals surface area contributed by atoms with Crippen molar-refractivity contribution in [1.82, 2.24) is 10.6 Å². The Bertz CT molecular complexity index is 242. The number of nitrogens with one attached hydrogen (secondary N) is 2. The molecule has 4 atom stereocenters. The van der Waals surface area contributed by atoms with Crippen molar-refractivity contribution in [1.29, 1.82) is 0 Å². The van der Waals surface area contributed by atoms with Crippen molar-refractivity contribution >= 4 is 5.91 Å². The van der Waals surface area contributed by atoms with E-state index in [0.29, 0.717) is 12.1 Å². The first-order valence-corrected chi connectivity index (χ1v) is 7.09. The zero-order valence-corrected chi connectivity index (χ0v) is 11.8. The third kappa shape index (κ3) is 5.07. The first-order chi connectivity index (χ1) is 8.02. The molecule has 1 aliphatic carbocycles. The molecule has 17 heavy (non-hydrogen) atoms. The van der Waals surface area contributed by atoms with E-state index in [9.17, 15) is 4.79 Å². The Morgan fingerprint density at radius 2 is 2.06 bits per heavy atom. The van der Waals surface area contributed by atoms with E-state index >= 15 is 0 Å². The van der Waals surface area contributed by atoms with Crippen LogP contribution in [0.15, 0.2) is 0 Å². The average molecular weight is 240 g/mol. The topological polar surface area (TPSA) is 41.1 Å². The molecule has 2 N–H and O–H groups in total. The minimum atomic E-state index is -0.0652. The summed E-state index contributed by atoms with van der Waals surface area (Å²) in [4.78, 5) is 11.9. The molecule has 0 aromatic heterocycles. The summed E-state index contributed by atoms with van der Waals surface area (Å²) in [5, 5.41) is 6.51. The third-order valence-electron chi connectivity index (χ3n) is 3.68. The minimum Gasteiger partial charge on any atom is -0.352 e. The lowest BCUT2D eigenvalue weighted by atomic mass is 10.1. The molecule has 0 heterocycles. The Labute approximate surface area is 106 Å². The summed E-state index contributed by atoms with van der Waals surface area (Å²) in [6.07, 6.45) is 5.88. The van der Waals surface area contributed by atoms with Gasteiger partial charge in [-0.1, -0.05) is 20.3 Å². The molecule has 0 aromatic carbocycles. The van der Waals surface area contributed by atoms with Crippen LogP contribution in [0.1, 0.15) is 59.8 Å². The van der Waals surface area contributed by atoms with Crippen LogP contribution in [0.2, 0.25) is 0 Å². The normalized spacial score (nSPS) is 27.8. The standard InChI is InChI=1S/C14H28N2O/c1-5-6-11(3)15-14(17)12(4)16-13-8-7-10(2)9-13/h10-13,16H,5-9H2,1-4H3,(H,15,17). The lowest BCUT2D eigenvalue weighted by Crippen LogP contribution is -2.48. The number of hydrogen-bond donors (Lipinski definition) is 2. The summed E-state index contributed by atoms with van der Waals surface area (Å²) < 4.78 is 0. The van der Waals surface area contributed by atoms with Crippen LogP contribution < -0.4 is 10.6 Å². The second-order valence-corrected chi connectivity index (χ2v) is 5.70. The maximum atomic E-state index is 11.9. The van der Waals surface area contributed by atoms with Crippen molar-refractivity contribution in [3.63, 3.8) is 0 Å². The van der Waals surface area contributed by atoms with E-state index in [4.69, 9.17) is 0 Å². The first kappa shape index (κ1) is 14.5. The molecule has 1 saturated carbocycles. The van der Waals surface area contributed by atoms with E-state index < -0.39 is 0 Å². The molecule has 0 bridgehead atoms. The molecule has 1 fully saturated rings. The molecule has 3 heteroatoms. The maximum Gasteiger partial charge on any atom is 0.237 e. The SMILES string of the molecule is CCCC(C)NC(=O)C(C)NC1CCC(C)C1. The number of carbonyl (C=O) groups is 1. The summed E-state index contributed by atoms with van der Waals surface area (Å²) >= 11 is 0. The number of amides is 1. The Hall–Kier alpha value is -0.570. The van der Waals surface area contributed by atoms with Crippen LogP contribution in [0.5, 0.6) is 0 Å². The molecular weight excluding hydrogens is 212 g/mol. The zero-order chi connectivity index (χ0) is 12.8. The largest absolute Gasteiger partial charge is 0.352 e. The van der Waals surface area contributed by atoms with Crippen molar-refractivity contribution in [2.24, 2.45) is 5.92 Å². The zero-order valence-electron chi connectivity index (χ0n) is 11.8. The predicted molar refractivity (Wildman–Crippen MR) is 71.9 cm³/mol. The monoisotopic (exact) mass is 240 g/mol. The van der Waals surface area contributed by atoms with Crippen LogP contribution in [0.3, 0.4) is 0 Å². The highest BCUT2D eigenvalue weighted by molar-refractivity contribution is 5.81. The van der Waals surface area contributed by atoms with Gasteiger partial charge in [-0.15, -0.1) is 0 Å². The van der Waals surface area contributed by atoms with Gasteiger partial charge in [0.05, 0.1) is 6.04 Å². The molecule has 0 aliphatic heterocycles. The van der Waals surface area contributed by atoms with Crippen molar-refractivity contribution in [2.75, 3.05) is 0 Å². The van der Waals surface area contributed by atoms with Gasteiger partial charge in [0.25, 0.3) is 0 Å². The number of carbonyl (C=O) groups excluding carboxylic acids is 1. The van der Waals surface area contributed by atoms with Gasteiger partial charge in [0.2, 0.25) is 5.91 Å². The van der Waals surface area contributed by atoms with Crippen LogP contribution in [0, 0.1) is 5.92 Å². The second-order valence-electron chi connectivity index (χ2n) is 5.70. The van der Waals surface area contributed by atoms with Gasteiger partial charge >= 0.3 is 0 Å². The van der Waals surface area contributed by atoms with Crippen LogP contribution in [0.25, 0.3) is 0 Å². The Kier molecular flexibility index (Phi) is 5.96. The van der Waals surface area contributed by atoms with Gasteiger partial charge in [-0.25, -0.2) is 0 Å². The van der Waals surface area contributed by atoms with Gasteiger partial charge in [0, 0.05) is 12.1 Å². The van der Waals surface area contributed by atoms with E-state index in [0.717, 1.165) is 18.8 Å². The fraction of sp³-hybridized carbons (Fsp3) is 0.929. The lowest BCUT2D eigenvalue weighted by molar-refractivity contribution is -0.123. The van der Waals surface area contributed by atoms with E-state index in [-0.39, 0.29) is 11.9 Å². The van der Waals surface area contributed by atoms with Gasteiger partial charge in [-0.2, -0.15) is 0 Å². The molecule has 4 unspecified atom stereocenters. The van der Waals surface area contributed by atoms with E-state index in [1.807, 2.05) is 6.92 Å². The average Bonchev–Trinajstić information content (AvgIpc) is 2.64. The minimum absolute atomic E-state index is 0.0652. The summed E-state index contributed by atoms with van der Waals surface area (Å²) in [7, 11) is 0. The molecule has 100 valence electrons. The van der Waals surface area contributed by atoms with E-state index in [1.54, 1.807) is 0 Å². The van der Waals surface area contributed by atoms with E-state index in [1.165, 1.54) is 19.3 Å². The predicted octanol–water partition coefficient (Wildman–Crippen LogP) is 2.46. The fourth-order valence-corrected chi connectivity index (χ4v) is 2.66. The van der Waals surface area contributed by atoms with Gasteiger partial charge in [0.15, 0.2) is 0 Å². The van der Waals surface area contributed by atoms with Crippen molar-refractivity contribution in [3.8, 4) is 0 Å². The molecule has 1 rings (SSSR count). The molecule has 1 amide bonds. The van der Waals surface area contributed by atoms with E-state index in [2.05, 4.69) is 31.4 Å². The van der Waals surface area contributed by atoms with Crippen LogP contribution >= 0.6 is 0 Å². The third-order valence-corrected chi connectivity index (χ3v) is 3.68. The number of rotatable bonds is 6. The Morgan fingerprint density at radius 1 is 1.35 bits per heavy atom. The highest BCUT2D eigenvalue weighted by atomic mass is 16.2. The van der Waals surface area contributed by atoms with Crippen molar-refractivity contribution < 1.29 is 4.79 Å². The second kappa shape index (κ2) is 7.00. The van der Waals surface area contributed by atoms with Gasteiger partial charge in [-0.3, -0.25) is 4.79 Å². The van der Waals surface area contributed by atoms with Crippen LogP contribution in [0.4, 0.5) is 0 Å². The highest BCUT2D eigenvalue weighted by Gasteiger charge is 2.24. The molecule has 0 spiro atoms. The fourth-order valence-electron chi connectivity index (χ4n) is 2.66. The van der Waals surface area contributed by atoms with Crippen LogP contribution in [-0.4, -0.2) is 24.0 Å². The lowest BCUT2D eigenvalue weighted by Gasteiger charge is -2.21. The van der Waals surface area contributed by atoms with Gasteiger partial charge in [-0.05, 0) is 45.4 Å². The smallest absolute Gasteiger partial charge is 0.237 e. The Morgan fingerprint density at radius 3 is 2.59 bits per heavy atom. The molecule has 1 aliphatic rings. The maximum absolute atomic E-state index is 11.9. The molecule has 0 saturated heterocycles. The molecule has 3 nitrogen and oxygen atoms in total. The number of hydrogen-bond acceptors (Lipinski definition) is 2. The summed E-state index contributed by atoms with van der Waals surface area (Å²) in [5.74, 6) is 0.951. The quantitative estimate of drug-likeness (QED) is 0.749. The molecule has 0 radical (unpaired) electrons. The Balaban J connectivity index is 2.26. The first-order valence-electron chi connectivity index (χ1n) is 7.09. The van der Waals surface area contributed by atoms with Crippen LogP contribution in [-0.2, 0) is 4.79 Å². The summed E-state index contributed by atoms with van der Waals surface area (Å²) in [5.41, 5.74) is 0.